The van der Waals surface area contributed by atoms with E-state index in [1.54, 1.807) is 0 Å². The number of hydrogen-bond donors (Lipinski definition) is 3. The van der Waals surface area contributed by atoms with Crippen LogP contribution in [0.5, 0.6) is 5.75 Å². The summed E-state index contributed by atoms with van der Waals surface area (Å²) in [4.78, 5) is 11.6. The van der Waals surface area contributed by atoms with E-state index in [1.165, 1.54) is 12.1 Å². The fourth-order valence-electron chi connectivity index (χ4n) is 2.33. The number of hydrogen-bond acceptors (Lipinski definition) is 5. The zero-order valence-corrected chi connectivity index (χ0v) is 12.3. The van der Waals surface area contributed by atoms with Gasteiger partial charge in [0.05, 0.1) is 6.61 Å². The lowest BCUT2D eigenvalue weighted by Crippen LogP contribution is -2.31. The molecular formula is C16H21NO4. The van der Waals surface area contributed by atoms with E-state index in [1.807, 2.05) is 19.9 Å². The molecule has 1 aromatic heterocycles. The topological polar surface area (TPSA) is 82.7 Å². The van der Waals surface area contributed by atoms with Crippen molar-refractivity contribution in [1.29, 1.82) is 0 Å². The second-order valence-corrected chi connectivity index (χ2v) is 5.09. The highest BCUT2D eigenvalue weighted by Crippen LogP contribution is 2.26. The third kappa shape index (κ3) is 3.43. The summed E-state index contributed by atoms with van der Waals surface area (Å²) in [5.41, 5.74) is 1.56. The maximum absolute atomic E-state index is 11.6. The number of phenolic OH excluding ortho intramolecular Hbond substituents is 1. The van der Waals surface area contributed by atoms with Crippen molar-refractivity contribution in [3.05, 3.63) is 39.7 Å². The molecule has 0 unspecified atom stereocenters. The van der Waals surface area contributed by atoms with Gasteiger partial charge in [-0.1, -0.05) is 13.8 Å². The summed E-state index contributed by atoms with van der Waals surface area (Å²) in [5, 5.41) is 23.1. The third-order valence-electron chi connectivity index (χ3n) is 3.70. The van der Waals surface area contributed by atoms with Crippen molar-refractivity contribution < 1.29 is 14.6 Å². The smallest absolute Gasteiger partial charge is 0.336 e. The number of fused-ring (bicyclic) bond motifs is 1. The van der Waals surface area contributed by atoms with E-state index in [4.69, 9.17) is 4.42 Å². The molecule has 2 rings (SSSR count). The minimum absolute atomic E-state index is 0.00458. The molecule has 0 amide bonds. The van der Waals surface area contributed by atoms with Gasteiger partial charge in [-0.2, -0.15) is 0 Å². The second kappa shape index (κ2) is 6.74. The summed E-state index contributed by atoms with van der Waals surface area (Å²) < 4.78 is 5.15. The largest absolute Gasteiger partial charge is 0.508 e. The van der Waals surface area contributed by atoms with E-state index in [0.29, 0.717) is 18.5 Å². The van der Waals surface area contributed by atoms with Crippen molar-refractivity contribution in [2.24, 2.45) is 0 Å². The van der Waals surface area contributed by atoms with Crippen molar-refractivity contribution in [2.45, 2.75) is 39.3 Å². The summed E-state index contributed by atoms with van der Waals surface area (Å²) in [7, 11) is 0. The van der Waals surface area contributed by atoms with Crippen molar-refractivity contribution in [2.75, 3.05) is 6.61 Å². The molecular weight excluding hydrogens is 270 g/mol. The summed E-state index contributed by atoms with van der Waals surface area (Å²) in [5.74, 6) is 0.139. The number of aliphatic hydroxyl groups is 1. The number of aryl methyl sites for hydroxylation is 1. The van der Waals surface area contributed by atoms with Gasteiger partial charge in [0.1, 0.15) is 11.3 Å². The molecule has 0 radical (unpaired) electrons. The second-order valence-electron chi connectivity index (χ2n) is 5.09. The number of aliphatic hydroxyl groups excluding tert-OH is 1. The molecule has 0 aliphatic carbocycles. The molecule has 0 aliphatic heterocycles. The van der Waals surface area contributed by atoms with Gasteiger partial charge in [-0.15, -0.1) is 0 Å². The molecule has 1 atom stereocenters. The van der Waals surface area contributed by atoms with Gasteiger partial charge in [-0.3, -0.25) is 0 Å². The summed E-state index contributed by atoms with van der Waals surface area (Å²) >= 11 is 0. The van der Waals surface area contributed by atoms with E-state index in [2.05, 4.69) is 5.32 Å². The predicted octanol–water partition coefficient (Wildman–Crippen LogP) is 1.92. The van der Waals surface area contributed by atoms with Crippen molar-refractivity contribution in [3.63, 3.8) is 0 Å². The average molecular weight is 291 g/mol. The van der Waals surface area contributed by atoms with Crippen LogP contribution < -0.4 is 10.9 Å². The van der Waals surface area contributed by atoms with E-state index in [9.17, 15) is 15.0 Å². The normalized spacial score (nSPS) is 12.7. The van der Waals surface area contributed by atoms with Crippen molar-refractivity contribution >= 4 is 11.0 Å². The Hall–Kier alpha value is -1.85. The van der Waals surface area contributed by atoms with E-state index in [0.717, 1.165) is 22.9 Å². The zero-order chi connectivity index (χ0) is 15.4. The molecule has 114 valence electrons. The first-order valence-electron chi connectivity index (χ1n) is 7.21. The van der Waals surface area contributed by atoms with Crippen molar-refractivity contribution in [1.82, 2.24) is 5.32 Å². The number of benzene rings is 1. The molecule has 21 heavy (non-hydrogen) atoms. The molecule has 2 aromatic rings. The van der Waals surface area contributed by atoms with Crippen LogP contribution in [0.25, 0.3) is 11.0 Å². The molecule has 0 bridgehead atoms. The molecule has 1 aromatic carbocycles. The Labute approximate surface area is 123 Å². The molecule has 3 N–H and O–H groups in total. The summed E-state index contributed by atoms with van der Waals surface area (Å²) in [6, 6.07) is 4.79. The van der Waals surface area contributed by atoms with Crippen LogP contribution in [0.15, 0.2) is 27.4 Å². The lowest BCUT2D eigenvalue weighted by atomic mass is 10.0. The van der Waals surface area contributed by atoms with Gasteiger partial charge in [-0.05, 0) is 30.0 Å². The van der Waals surface area contributed by atoms with Gasteiger partial charge in [0.15, 0.2) is 0 Å². The van der Waals surface area contributed by atoms with Crippen LogP contribution in [0.4, 0.5) is 0 Å². The van der Waals surface area contributed by atoms with Gasteiger partial charge < -0.3 is 19.9 Å². The minimum Gasteiger partial charge on any atom is -0.508 e. The van der Waals surface area contributed by atoms with E-state index in [-0.39, 0.29) is 18.4 Å². The molecule has 0 fully saturated rings. The van der Waals surface area contributed by atoms with Crippen LogP contribution in [-0.4, -0.2) is 22.9 Å². The maximum atomic E-state index is 11.6. The minimum atomic E-state index is -0.444. The van der Waals surface area contributed by atoms with E-state index < -0.39 is 5.63 Å². The highest BCUT2D eigenvalue weighted by Gasteiger charge is 2.11. The number of aromatic hydroxyl groups is 1. The Bertz CT molecular complexity index is 674. The fraction of sp³-hybridized carbons (Fsp3) is 0.438. The van der Waals surface area contributed by atoms with Crippen LogP contribution in [0.2, 0.25) is 0 Å². The van der Waals surface area contributed by atoms with E-state index >= 15 is 0 Å². The molecule has 5 heteroatoms. The standard InChI is InChI=1S/C16H21NO4/c1-3-10-5-13-11(8-17-12(4-2)9-18)6-16(20)21-15(13)7-14(10)19/h5-7,12,17-19H,3-4,8-9H2,1-2H3/t12-/m1/s1. The van der Waals surface area contributed by atoms with Gasteiger partial charge in [0.2, 0.25) is 0 Å². The first-order valence-corrected chi connectivity index (χ1v) is 7.21. The van der Waals surface area contributed by atoms with Gasteiger partial charge >= 0.3 is 5.63 Å². The summed E-state index contributed by atoms with van der Waals surface area (Å²) in [6.07, 6.45) is 1.50. The highest BCUT2D eigenvalue weighted by atomic mass is 16.4. The summed E-state index contributed by atoms with van der Waals surface area (Å²) in [6.45, 7) is 4.46. The first kappa shape index (κ1) is 15.5. The molecule has 0 aliphatic rings. The Morgan fingerprint density at radius 1 is 1.24 bits per heavy atom. The average Bonchev–Trinajstić information content (AvgIpc) is 2.47. The SMILES string of the molecule is CCc1cc2c(CN[C@H](CC)CO)cc(=O)oc2cc1O. The van der Waals surface area contributed by atoms with Crippen LogP contribution in [0, 0.1) is 0 Å². The highest BCUT2D eigenvalue weighted by molar-refractivity contribution is 5.82. The Balaban J connectivity index is 2.44. The number of nitrogens with one attached hydrogen (secondary N) is 1. The molecule has 5 nitrogen and oxygen atoms in total. The third-order valence-corrected chi connectivity index (χ3v) is 3.70. The molecule has 0 saturated carbocycles. The quantitative estimate of drug-likeness (QED) is 0.708. The monoisotopic (exact) mass is 291 g/mol. The predicted molar refractivity (Wildman–Crippen MR) is 81.5 cm³/mol. The molecule has 1 heterocycles. The Morgan fingerprint density at radius 3 is 2.62 bits per heavy atom. The first-order chi connectivity index (χ1) is 10.1. The zero-order valence-electron chi connectivity index (χ0n) is 12.3. The fourth-order valence-corrected chi connectivity index (χ4v) is 2.33. The lowest BCUT2D eigenvalue weighted by Gasteiger charge is -2.15. The van der Waals surface area contributed by atoms with Crippen LogP contribution in [0.3, 0.4) is 0 Å². The van der Waals surface area contributed by atoms with Crippen molar-refractivity contribution in [3.8, 4) is 5.75 Å². The Kier molecular flexibility index (Phi) is 4.98. The molecule has 0 spiro atoms. The maximum Gasteiger partial charge on any atom is 0.336 e. The van der Waals surface area contributed by atoms with Gasteiger partial charge in [-0.25, -0.2) is 4.79 Å². The van der Waals surface area contributed by atoms with Crippen LogP contribution in [0.1, 0.15) is 31.4 Å². The number of phenols is 1. The lowest BCUT2D eigenvalue weighted by molar-refractivity contribution is 0.238. The van der Waals surface area contributed by atoms with Gasteiger partial charge in [0, 0.05) is 30.1 Å². The van der Waals surface area contributed by atoms with Crippen LogP contribution >= 0.6 is 0 Å². The number of rotatable bonds is 6. The Morgan fingerprint density at radius 2 is 2.00 bits per heavy atom. The molecule has 0 saturated heterocycles. The van der Waals surface area contributed by atoms with Crippen LogP contribution in [-0.2, 0) is 13.0 Å². The van der Waals surface area contributed by atoms with Gasteiger partial charge in [0.25, 0.3) is 0 Å².